The van der Waals surface area contributed by atoms with Gasteiger partial charge in [-0.05, 0) is 36.8 Å². The van der Waals surface area contributed by atoms with Crippen molar-refractivity contribution < 1.29 is 24.9 Å². The van der Waals surface area contributed by atoms with Gasteiger partial charge in [0.2, 0.25) is 0 Å². The van der Waals surface area contributed by atoms with Crippen molar-refractivity contribution >= 4 is 5.97 Å². The third-order valence-corrected chi connectivity index (χ3v) is 6.40. The van der Waals surface area contributed by atoms with Crippen LogP contribution in [0.4, 0.5) is 0 Å². The van der Waals surface area contributed by atoms with Crippen molar-refractivity contribution in [1.29, 1.82) is 0 Å². The normalized spacial score (nSPS) is 36.8. The Morgan fingerprint density at radius 2 is 1.96 bits per heavy atom. The lowest BCUT2D eigenvalue weighted by molar-refractivity contribution is -0.198. The summed E-state index contributed by atoms with van der Waals surface area (Å²) in [5.41, 5.74) is -2.08. The van der Waals surface area contributed by atoms with E-state index in [1.807, 2.05) is 19.9 Å². The molecule has 0 aromatic carbocycles. The number of rotatable bonds is 5. The second-order valence-electron chi connectivity index (χ2n) is 8.39. The number of ether oxygens (including phenoxy) is 1. The lowest BCUT2D eigenvalue weighted by Crippen LogP contribution is -2.65. The second-order valence-corrected chi connectivity index (χ2v) is 8.39. The molecule has 1 saturated carbocycles. The minimum atomic E-state index is -1.52. The van der Waals surface area contributed by atoms with Crippen LogP contribution in [-0.2, 0) is 9.53 Å². The van der Waals surface area contributed by atoms with E-state index in [1.165, 1.54) is 6.08 Å². The molecule has 0 saturated heterocycles. The van der Waals surface area contributed by atoms with Gasteiger partial charge in [0.15, 0.2) is 0 Å². The van der Waals surface area contributed by atoms with E-state index in [2.05, 4.69) is 13.8 Å². The summed E-state index contributed by atoms with van der Waals surface area (Å²) in [5.74, 6) is -0.630. The summed E-state index contributed by atoms with van der Waals surface area (Å²) in [6.07, 6.45) is 10.2. The largest absolute Gasteiger partial charge is 0.455 e. The monoisotopic (exact) mass is 364 g/mol. The zero-order valence-corrected chi connectivity index (χ0v) is 16.2. The van der Waals surface area contributed by atoms with Crippen LogP contribution in [0.25, 0.3) is 0 Å². The third-order valence-electron chi connectivity index (χ3n) is 6.40. The highest BCUT2D eigenvalue weighted by molar-refractivity contribution is 5.82. The molecule has 3 N–H and O–H groups in total. The zero-order valence-electron chi connectivity index (χ0n) is 16.2. The Balaban J connectivity index is 2.49. The molecular weight excluding hydrogens is 332 g/mol. The quantitative estimate of drug-likeness (QED) is 0.302. The maximum atomic E-state index is 12.3. The molecule has 2 aliphatic carbocycles. The highest BCUT2D eigenvalue weighted by atomic mass is 16.5. The molecule has 0 aliphatic heterocycles. The average Bonchev–Trinajstić information content (AvgIpc) is 2.57. The molecule has 0 aromatic heterocycles. The van der Waals surface area contributed by atoms with E-state index in [4.69, 9.17) is 4.74 Å². The Morgan fingerprint density at radius 1 is 1.27 bits per heavy atom. The Morgan fingerprint density at radius 3 is 2.54 bits per heavy atom. The molecule has 5 nitrogen and oxygen atoms in total. The predicted octanol–water partition coefficient (Wildman–Crippen LogP) is 2.52. The van der Waals surface area contributed by atoms with Crippen molar-refractivity contribution in [2.24, 2.45) is 16.7 Å². The smallest absolute Gasteiger partial charge is 0.331 e. The van der Waals surface area contributed by atoms with Crippen LogP contribution in [0.3, 0.4) is 0 Å². The lowest BCUT2D eigenvalue weighted by Gasteiger charge is -2.61. The highest BCUT2D eigenvalue weighted by Crippen LogP contribution is 2.61. The van der Waals surface area contributed by atoms with E-state index in [0.717, 1.165) is 12.8 Å². The molecular formula is C21H32O5. The molecule has 0 aromatic rings. The van der Waals surface area contributed by atoms with E-state index in [0.29, 0.717) is 12.0 Å². The zero-order chi connectivity index (χ0) is 19.6. The maximum absolute atomic E-state index is 12.3. The van der Waals surface area contributed by atoms with Gasteiger partial charge in [-0.3, -0.25) is 0 Å². The maximum Gasteiger partial charge on any atom is 0.331 e. The van der Waals surface area contributed by atoms with Gasteiger partial charge in [0.1, 0.15) is 11.7 Å². The number of carbonyl (C=O) groups excluding carboxylic acids is 1. The van der Waals surface area contributed by atoms with Crippen LogP contribution in [-0.4, -0.2) is 46.2 Å². The van der Waals surface area contributed by atoms with E-state index < -0.39 is 29.7 Å². The van der Waals surface area contributed by atoms with Crippen molar-refractivity contribution in [3.8, 4) is 0 Å². The van der Waals surface area contributed by atoms with Gasteiger partial charge < -0.3 is 20.1 Å². The number of esters is 1. The number of aliphatic hydroxyl groups excluding tert-OH is 2. The first-order chi connectivity index (χ1) is 12.2. The van der Waals surface area contributed by atoms with Crippen LogP contribution in [0, 0.1) is 16.7 Å². The highest BCUT2D eigenvalue weighted by Gasteiger charge is 2.63. The molecule has 0 amide bonds. The number of hydrogen-bond acceptors (Lipinski definition) is 5. The first kappa shape index (κ1) is 20.9. The summed E-state index contributed by atoms with van der Waals surface area (Å²) in [7, 11) is 0. The minimum Gasteiger partial charge on any atom is -0.455 e. The third kappa shape index (κ3) is 3.40. The number of allylic oxidation sites excluding steroid dienone is 3. The molecule has 5 heteroatoms. The van der Waals surface area contributed by atoms with Crippen LogP contribution >= 0.6 is 0 Å². The average molecular weight is 364 g/mol. The molecule has 1 fully saturated rings. The summed E-state index contributed by atoms with van der Waals surface area (Å²) in [6, 6.07) is 0. The second kappa shape index (κ2) is 7.67. The number of fused-ring (bicyclic) bond motifs is 1. The fraction of sp³-hybridized carbons (Fsp3) is 0.667. The Kier molecular flexibility index (Phi) is 6.16. The van der Waals surface area contributed by atoms with Gasteiger partial charge in [0, 0.05) is 17.4 Å². The summed E-state index contributed by atoms with van der Waals surface area (Å²) in [6.45, 7) is 7.17. The van der Waals surface area contributed by atoms with Gasteiger partial charge in [0.25, 0.3) is 0 Å². The summed E-state index contributed by atoms with van der Waals surface area (Å²) >= 11 is 0. The van der Waals surface area contributed by atoms with Crippen molar-refractivity contribution in [2.45, 2.75) is 58.7 Å². The van der Waals surface area contributed by atoms with Gasteiger partial charge in [-0.1, -0.05) is 45.4 Å². The molecule has 0 heterocycles. The Bertz CT molecular complexity index is 618. The molecule has 26 heavy (non-hydrogen) atoms. The van der Waals surface area contributed by atoms with E-state index in [-0.39, 0.29) is 17.9 Å². The Hall–Kier alpha value is -1.43. The van der Waals surface area contributed by atoms with Crippen molar-refractivity contribution in [1.82, 2.24) is 0 Å². The molecule has 0 spiro atoms. The van der Waals surface area contributed by atoms with Crippen LogP contribution in [0.1, 0.15) is 47.0 Å². The van der Waals surface area contributed by atoms with Crippen LogP contribution in [0.5, 0.6) is 0 Å². The van der Waals surface area contributed by atoms with E-state index >= 15 is 0 Å². The van der Waals surface area contributed by atoms with E-state index in [1.54, 1.807) is 18.2 Å². The van der Waals surface area contributed by atoms with Crippen LogP contribution < -0.4 is 0 Å². The molecule has 0 bridgehead atoms. The SMILES string of the molecule is C/C=C/C=C/C(=O)OC1C=C(CO)C(O)(CO)C2(C)CCCC(C)(C)C12. The number of aliphatic hydroxyl groups is 3. The van der Waals surface area contributed by atoms with Crippen LogP contribution in [0.15, 0.2) is 36.0 Å². The minimum absolute atomic E-state index is 0.171. The van der Waals surface area contributed by atoms with Gasteiger partial charge in [-0.2, -0.15) is 0 Å². The topological polar surface area (TPSA) is 87.0 Å². The fourth-order valence-corrected chi connectivity index (χ4v) is 5.14. The standard InChI is InChI=1S/C21H32O5/c1-5-6-7-9-17(24)26-16-12-15(13-22)21(25,14-23)20(4)11-8-10-19(2,3)18(16)20/h5-7,9,12,16,18,22-23,25H,8,10-11,13-14H2,1-4H3/b6-5+,9-7+. The van der Waals surface area contributed by atoms with Gasteiger partial charge in [0.05, 0.1) is 13.2 Å². The van der Waals surface area contributed by atoms with Gasteiger partial charge in [-0.15, -0.1) is 0 Å². The van der Waals surface area contributed by atoms with Crippen molar-refractivity contribution in [3.05, 3.63) is 36.0 Å². The molecule has 2 aliphatic rings. The van der Waals surface area contributed by atoms with Gasteiger partial charge in [-0.25, -0.2) is 4.79 Å². The van der Waals surface area contributed by atoms with Crippen molar-refractivity contribution in [2.75, 3.05) is 13.2 Å². The molecule has 4 unspecified atom stereocenters. The van der Waals surface area contributed by atoms with Crippen molar-refractivity contribution in [3.63, 3.8) is 0 Å². The predicted molar refractivity (Wildman–Crippen MR) is 100 cm³/mol. The Labute approximate surface area is 156 Å². The van der Waals surface area contributed by atoms with Crippen LogP contribution in [0.2, 0.25) is 0 Å². The number of hydrogen-bond donors (Lipinski definition) is 3. The number of carbonyl (C=O) groups is 1. The first-order valence-corrected chi connectivity index (χ1v) is 9.31. The summed E-state index contributed by atoms with van der Waals surface area (Å²) in [5, 5.41) is 31.1. The molecule has 146 valence electrons. The fourth-order valence-electron chi connectivity index (χ4n) is 5.14. The van der Waals surface area contributed by atoms with Gasteiger partial charge >= 0.3 is 5.97 Å². The lowest BCUT2D eigenvalue weighted by atomic mass is 9.46. The summed E-state index contributed by atoms with van der Waals surface area (Å²) < 4.78 is 5.74. The first-order valence-electron chi connectivity index (χ1n) is 9.31. The molecule has 2 rings (SSSR count). The molecule has 0 radical (unpaired) electrons. The molecule has 4 atom stereocenters. The van der Waals surface area contributed by atoms with E-state index in [9.17, 15) is 20.1 Å². The summed E-state index contributed by atoms with van der Waals surface area (Å²) in [4.78, 5) is 12.3.